The number of β-amino-alcohol motifs (C(OH)–C–C–N with tert-alkyl or cyclic N) is 1. The Morgan fingerprint density at radius 3 is 2.66 bits per heavy atom. The van der Waals surface area contributed by atoms with E-state index in [4.69, 9.17) is 4.98 Å². The van der Waals surface area contributed by atoms with E-state index in [1.54, 1.807) is 0 Å². The number of anilines is 1. The van der Waals surface area contributed by atoms with Crippen LogP contribution in [-0.4, -0.2) is 75.3 Å². The van der Waals surface area contributed by atoms with E-state index in [-0.39, 0.29) is 24.2 Å². The summed E-state index contributed by atoms with van der Waals surface area (Å²) >= 11 is 0. The van der Waals surface area contributed by atoms with Crippen LogP contribution in [-0.2, 0) is 11.3 Å². The minimum Gasteiger partial charge on any atom is -0.393 e. The number of likely N-dealkylation sites (tertiary alicyclic amines) is 2. The van der Waals surface area contributed by atoms with Gasteiger partial charge in [0.1, 0.15) is 0 Å². The summed E-state index contributed by atoms with van der Waals surface area (Å²) in [7, 11) is 0. The molecule has 4 rings (SSSR count). The number of pyridine rings is 1. The molecule has 0 bridgehead atoms. The molecule has 7 nitrogen and oxygen atoms in total. The number of fused-ring (bicyclic) bond motifs is 1. The van der Waals surface area contributed by atoms with E-state index in [0.29, 0.717) is 13.1 Å². The fourth-order valence-corrected chi connectivity index (χ4v) is 4.54. The van der Waals surface area contributed by atoms with E-state index in [1.165, 1.54) is 6.92 Å². The fourth-order valence-electron chi connectivity index (χ4n) is 4.54. The molecule has 2 atom stereocenters. The first kappa shape index (κ1) is 20.2. The van der Waals surface area contributed by atoms with Crippen LogP contribution in [0.25, 0.3) is 10.9 Å². The van der Waals surface area contributed by atoms with Crippen LogP contribution in [0.3, 0.4) is 0 Å². The van der Waals surface area contributed by atoms with Crippen molar-refractivity contribution in [1.29, 1.82) is 0 Å². The molecule has 2 aliphatic heterocycles. The summed E-state index contributed by atoms with van der Waals surface area (Å²) in [6.45, 7) is 5.53. The maximum atomic E-state index is 11.2. The summed E-state index contributed by atoms with van der Waals surface area (Å²) in [6, 6.07) is 9.96. The molecule has 0 saturated carbocycles. The molecule has 3 N–H and O–H groups in total. The second-order valence-electron chi connectivity index (χ2n) is 8.32. The summed E-state index contributed by atoms with van der Waals surface area (Å²) in [6.07, 6.45) is 1.98. The number of aliphatic hydroxyl groups is 2. The van der Waals surface area contributed by atoms with Gasteiger partial charge in [0.25, 0.3) is 0 Å². The molecular weight excluding hydrogens is 368 g/mol. The third kappa shape index (κ3) is 4.93. The molecule has 2 aliphatic rings. The number of hydrogen-bond acceptors (Lipinski definition) is 6. The molecule has 1 aromatic heterocycles. The molecule has 2 saturated heterocycles. The van der Waals surface area contributed by atoms with Crippen molar-refractivity contribution < 1.29 is 15.0 Å². The number of rotatable bonds is 4. The van der Waals surface area contributed by atoms with Crippen molar-refractivity contribution in [2.45, 2.75) is 51.0 Å². The van der Waals surface area contributed by atoms with Crippen LogP contribution in [0.2, 0.25) is 0 Å². The number of amides is 1. The van der Waals surface area contributed by atoms with Crippen molar-refractivity contribution in [3.8, 4) is 0 Å². The molecule has 1 aromatic carbocycles. The lowest BCUT2D eigenvalue weighted by molar-refractivity contribution is -0.114. The average Bonchev–Trinajstić information content (AvgIpc) is 2.69. The maximum Gasteiger partial charge on any atom is 0.221 e. The van der Waals surface area contributed by atoms with Crippen LogP contribution < -0.4 is 5.32 Å². The van der Waals surface area contributed by atoms with E-state index >= 15 is 0 Å². The molecule has 0 aliphatic carbocycles. The SMILES string of the molecule is CC(=O)Nc1ccc2nc(CN3CC[C@@H](N4CCC(O)CC4)[C@H](O)C3)ccc2c1. The van der Waals surface area contributed by atoms with Crippen LogP contribution in [0.1, 0.15) is 31.9 Å². The third-order valence-corrected chi connectivity index (χ3v) is 6.05. The van der Waals surface area contributed by atoms with Crippen LogP contribution in [0.15, 0.2) is 30.3 Å². The zero-order chi connectivity index (χ0) is 20.4. The van der Waals surface area contributed by atoms with E-state index in [1.807, 2.05) is 30.3 Å². The number of nitrogens with one attached hydrogen (secondary N) is 1. The average molecular weight is 399 g/mol. The predicted molar refractivity (Wildman–Crippen MR) is 113 cm³/mol. The van der Waals surface area contributed by atoms with Crippen molar-refractivity contribution in [3.63, 3.8) is 0 Å². The largest absolute Gasteiger partial charge is 0.393 e. The van der Waals surface area contributed by atoms with Gasteiger partial charge in [-0.25, -0.2) is 0 Å². The zero-order valence-electron chi connectivity index (χ0n) is 16.9. The van der Waals surface area contributed by atoms with Crippen molar-refractivity contribution >= 4 is 22.5 Å². The lowest BCUT2D eigenvalue weighted by atomic mass is 9.96. The van der Waals surface area contributed by atoms with E-state index < -0.39 is 0 Å². The summed E-state index contributed by atoms with van der Waals surface area (Å²) in [4.78, 5) is 20.6. The number of piperidine rings is 2. The van der Waals surface area contributed by atoms with Gasteiger partial charge in [0.05, 0.1) is 23.4 Å². The summed E-state index contributed by atoms with van der Waals surface area (Å²) in [5.74, 6) is -0.0865. The molecule has 3 heterocycles. The first-order chi connectivity index (χ1) is 14.0. The highest BCUT2D eigenvalue weighted by Crippen LogP contribution is 2.23. The number of aromatic nitrogens is 1. The molecular formula is C22H30N4O3. The number of benzene rings is 1. The summed E-state index contributed by atoms with van der Waals surface area (Å²) in [5.41, 5.74) is 2.66. The highest BCUT2D eigenvalue weighted by molar-refractivity contribution is 5.92. The van der Waals surface area contributed by atoms with Crippen LogP contribution in [0.5, 0.6) is 0 Å². The Hall–Kier alpha value is -2.06. The standard InChI is InChI=1S/C22H30N4O3/c1-15(27)23-17-4-5-20-16(12-17)2-3-18(24-20)13-25-9-8-21(22(29)14-25)26-10-6-19(28)7-11-26/h2-5,12,19,21-22,28-29H,6-11,13-14H2,1H3,(H,23,27)/t21-,22-/m1/s1. The van der Waals surface area contributed by atoms with Crippen LogP contribution in [0.4, 0.5) is 5.69 Å². The molecule has 2 fully saturated rings. The molecule has 0 radical (unpaired) electrons. The highest BCUT2D eigenvalue weighted by atomic mass is 16.3. The van der Waals surface area contributed by atoms with E-state index in [9.17, 15) is 15.0 Å². The van der Waals surface area contributed by atoms with Crippen molar-refractivity contribution in [2.75, 3.05) is 31.5 Å². The van der Waals surface area contributed by atoms with Gasteiger partial charge < -0.3 is 15.5 Å². The van der Waals surface area contributed by atoms with Gasteiger partial charge in [-0.3, -0.25) is 19.6 Å². The first-order valence-corrected chi connectivity index (χ1v) is 10.5. The Labute approximate surface area is 171 Å². The van der Waals surface area contributed by atoms with Gasteiger partial charge in [0, 0.05) is 56.8 Å². The summed E-state index contributed by atoms with van der Waals surface area (Å²) in [5, 5.41) is 24.2. The van der Waals surface area contributed by atoms with Crippen LogP contribution in [0, 0.1) is 0 Å². The van der Waals surface area contributed by atoms with Gasteiger partial charge >= 0.3 is 0 Å². The number of carbonyl (C=O) groups excluding carboxylic acids is 1. The lowest BCUT2D eigenvalue weighted by Gasteiger charge is -2.43. The lowest BCUT2D eigenvalue weighted by Crippen LogP contribution is -2.55. The smallest absolute Gasteiger partial charge is 0.221 e. The summed E-state index contributed by atoms with van der Waals surface area (Å²) < 4.78 is 0. The van der Waals surface area contributed by atoms with Crippen molar-refractivity contribution in [3.05, 3.63) is 36.0 Å². The Morgan fingerprint density at radius 1 is 1.14 bits per heavy atom. The van der Waals surface area contributed by atoms with E-state index in [2.05, 4.69) is 15.1 Å². The molecule has 1 amide bonds. The minimum absolute atomic E-state index is 0.0865. The van der Waals surface area contributed by atoms with Crippen molar-refractivity contribution in [1.82, 2.24) is 14.8 Å². The number of hydrogen-bond donors (Lipinski definition) is 3. The Kier molecular flexibility index (Phi) is 6.10. The van der Waals surface area contributed by atoms with E-state index in [0.717, 1.165) is 61.2 Å². The predicted octanol–water partition coefficient (Wildman–Crippen LogP) is 1.59. The monoisotopic (exact) mass is 398 g/mol. The molecule has 7 heteroatoms. The first-order valence-electron chi connectivity index (χ1n) is 10.5. The van der Waals surface area contributed by atoms with Gasteiger partial charge in [-0.2, -0.15) is 0 Å². The van der Waals surface area contributed by atoms with Gasteiger partial charge in [-0.1, -0.05) is 6.07 Å². The number of nitrogens with zero attached hydrogens (tertiary/aromatic N) is 3. The Balaban J connectivity index is 1.37. The van der Waals surface area contributed by atoms with Gasteiger partial charge in [0.2, 0.25) is 5.91 Å². The van der Waals surface area contributed by atoms with Gasteiger partial charge in [-0.15, -0.1) is 0 Å². The van der Waals surface area contributed by atoms with Gasteiger partial charge in [-0.05, 0) is 43.5 Å². The van der Waals surface area contributed by atoms with Crippen LogP contribution >= 0.6 is 0 Å². The second kappa shape index (κ2) is 8.75. The zero-order valence-corrected chi connectivity index (χ0v) is 16.9. The highest BCUT2D eigenvalue weighted by Gasteiger charge is 2.33. The van der Waals surface area contributed by atoms with Crippen molar-refractivity contribution in [2.24, 2.45) is 0 Å². The Bertz CT molecular complexity index is 866. The number of carbonyl (C=O) groups is 1. The normalized spacial score (nSPS) is 24.7. The topological polar surface area (TPSA) is 88.9 Å². The van der Waals surface area contributed by atoms with Gasteiger partial charge in [0.15, 0.2) is 0 Å². The number of aliphatic hydroxyl groups excluding tert-OH is 2. The quantitative estimate of drug-likeness (QED) is 0.725. The third-order valence-electron chi connectivity index (χ3n) is 6.05. The second-order valence-corrected chi connectivity index (χ2v) is 8.32. The molecule has 0 spiro atoms. The molecule has 2 aromatic rings. The molecule has 0 unspecified atom stereocenters. The maximum absolute atomic E-state index is 11.2. The fraction of sp³-hybridized carbons (Fsp3) is 0.545. The molecule has 29 heavy (non-hydrogen) atoms. The Morgan fingerprint density at radius 2 is 1.93 bits per heavy atom. The minimum atomic E-state index is -0.375. The molecule has 156 valence electrons.